The first kappa shape index (κ1) is 8.52. The molecule has 2 nitrogen and oxygen atoms in total. The lowest BCUT2D eigenvalue weighted by Crippen LogP contribution is -2.43. The highest BCUT2D eigenvalue weighted by Crippen LogP contribution is 2.27. The number of hydrogen-bond donors (Lipinski definition) is 1. The van der Waals surface area contributed by atoms with Crippen LogP contribution < -0.4 is 5.73 Å². The van der Waals surface area contributed by atoms with E-state index in [4.69, 9.17) is 5.73 Å². The Bertz CT molecular complexity index is 158. The van der Waals surface area contributed by atoms with Crippen LogP contribution in [0.15, 0.2) is 0 Å². The van der Waals surface area contributed by atoms with Gasteiger partial charge in [-0.25, -0.2) is 0 Å². The monoisotopic (exact) mass is 168 g/mol. The number of rotatable bonds is 1. The Morgan fingerprint density at radius 2 is 2.08 bits per heavy atom. The molecule has 1 aliphatic carbocycles. The molecule has 1 aliphatic heterocycles. The third kappa shape index (κ3) is 1.50. The van der Waals surface area contributed by atoms with Gasteiger partial charge in [0.15, 0.2) is 0 Å². The third-order valence-electron chi connectivity index (χ3n) is 3.46. The zero-order chi connectivity index (χ0) is 8.55. The molecule has 2 aliphatic rings. The fourth-order valence-electron chi connectivity index (χ4n) is 2.69. The molecule has 12 heavy (non-hydrogen) atoms. The van der Waals surface area contributed by atoms with Crippen molar-refractivity contribution in [3.05, 3.63) is 0 Å². The van der Waals surface area contributed by atoms with E-state index in [9.17, 15) is 0 Å². The van der Waals surface area contributed by atoms with E-state index in [0.717, 1.165) is 12.0 Å². The molecule has 1 saturated heterocycles. The quantitative estimate of drug-likeness (QED) is 0.637. The van der Waals surface area contributed by atoms with Gasteiger partial charge in [0.1, 0.15) is 0 Å². The van der Waals surface area contributed by atoms with Crippen molar-refractivity contribution in [1.82, 2.24) is 4.90 Å². The summed E-state index contributed by atoms with van der Waals surface area (Å²) in [5.74, 6) is 0.901. The van der Waals surface area contributed by atoms with E-state index in [-0.39, 0.29) is 0 Å². The maximum Gasteiger partial charge on any atom is 0.0247 e. The second-order valence-corrected chi connectivity index (χ2v) is 4.55. The number of nitrogens with zero attached hydrogens (tertiary/aromatic N) is 1. The summed E-state index contributed by atoms with van der Waals surface area (Å²) in [7, 11) is 0. The highest BCUT2D eigenvalue weighted by atomic mass is 15.2. The normalized spacial score (nSPS) is 44.0. The number of hydrogen-bond acceptors (Lipinski definition) is 2. The highest BCUT2D eigenvalue weighted by molar-refractivity contribution is 4.90. The molecular formula is C10H20N2. The average molecular weight is 168 g/mol. The molecule has 0 aromatic rings. The van der Waals surface area contributed by atoms with Crippen LogP contribution in [0.2, 0.25) is 0 Å². The van der Waals surface area contributed by atoms with Gasteiger partial charge in [-0.3, -0.25) is 4.90 Å². The molecule has 0 bridgehead atoms. The van der Waals surface area contributed by atoms with Gasteiger partial charge in [-0.2, -0.15) is 0 Å². The van der Waals surface area contributed by atoms with Crippen LogP contribution in [0.1, 0.15) is 32.6 Å². The molecule has 0 unspecified atom stereocenters. The van der Waals surface area contributed by atoms with Crippen LogP contribution in [0.25, 0.3) is 0 Å². The average Bonchev–Trinajstić information content (AvgIpc) is 2.58. The maximum atomic E-state index is 6.06. The summed E-state index contributed by atoms with van der Waals surface area (Å²) in [4.78, 5) is 2.61. The van der Waals surface area contributed by atoms with Crippen molar-refractivity contribution >= 4 is 0 Å². The summed E-state index contributed by atoms with van der Waals surface area (Å²) in [5, 5.41) is 0. The Morgan fingerprint density at radius 1 is 1.25 bits per heavy atom. The summed E-state index contributed by atoms with van der Waals surface area (Å²) in [6, 6.07) is 1.19. The third-order valence-corrected chi connectivity index (χ3v) is 3.46. The van der Waals surface area contributed by atoms with E-state index >= 15 is 0 Å². The molecule has 2 heteroatoms. The van der Waals surface area contributed by atoms with Gasteiger partial charge in [-0.05, 0) is 31.7 Å². The van der Waals surface area contributed by atoms with Crippen molar-refractivity contribution in [2.24, 2.45) is 11.7 Å². The molecular weight excluding hydrogens is 148 g/mol. The van der Waals surface area contributed by atoms with Crippen molar-refractivity contribution in [2.45, 2.75) is 44.7 Å². The predicted molar refractivity (Wildman–Crippen MR) is 51.0 cm³/mol. The molecule has 1 heterocycles. The first-order valence-corrected chi connectivity index (χ1v) is 5.27. The minimum Gasteiger partial charge on any atom is -0.326 e. The van der Waals surface area contributed by atoms with Crippen molar-refractivity contribution in [2.75, 3.05) is 13.1 Å². The minimum atomic E-state index is 0.468. The Morgan fingerprint density at radius 3 is 2.58 bits per heavy atom. The van der Waals surface area contributed by atoms with Gasteiger partial charge in [0.25, 0.3) is 0 Å². The molecule has 2 rings (SSSR count). The standard InChI is InChI=1S/C10H20N2/c1-8-5-6-12(7-8)10-4-2-3-9(10)11/h8-10H,2-7,11H2,1H3/t8-,9+,10-/m1/s1. The van der Waals surface area contributed by atoms with Crippen LogP contribution in [-0.4, -0.2) is 30.1 Å². The van der Waals surface area contributed by atoms with Crippen LogP contribution in [0, 0.1) is 5.92 Å². The Balaban J connectivity index is 1.91. The van der Waals surface area contributed by atoms with Crippen molar-refractivity contribution < 1.29 is 0 Å². The second-order valence-electron chi connectivity index (χ2n) is 4.55. The van der Waals surface area contributed by atoms with E-state index in [1.807, 2.05) is 0 Å². The van der Waals surface area contributed by atoms with E-state index in [0.29, 0.717) is 6.04 Å². The summed E-state index contributed by atoms with van der Waals surface area (Å²) < 4.78 is 0. The molecule has 0 aromatic heterocycles. The number of likely N-dealkylation sites (tertiary alicyclic amines) is 1. The van der Waals surface area contributed by atoms with E-state index in [2.05, 4.69) is 11.8 Å². The Labute approximate surface area is 75.1 Å². The summed E-state index contributed by atoms with van der Waals surface area (Å²) in [5.41, 5.74) is 6.06. The maximum absolute atomic E-state index is 6.06. The van der Waals surface area contributed by atoms with Gasteiger partial charge < -0.3 is 5.73 Å². The Hall–Kier alpha value is -0.0800. The fraction of sp³-hybridized carbons (Fsp3) is 1.00. The largest absolute Gasteiger partial charge is 0.326 e. The molecule has 0 radical (unpaired) electrons. The van der Waals surface area contributed by atoms with E-state index < -0.39 is 0 Å². The highest BCUT2D eigenvalue weighted by Gasteiger charge is 2.32. The van der Waals surface area contributed by atoms with Crippen molar-refractivity contribution in [3.63, 3.8) is 0 Å². The van der Waals surface area contributed by atoms with Crippen LogP contribution in [-0.2, 0) is 0 Å². The first-order chi connectivity index (χ1) is 5.77. The van der Waals surface area contributed by atoms with Crippen LogP contribution in [0.3, 0.4) is 0 Å². The zero-order valence-electron chi connectivity index (χ0n) is 8.00. The molecule has 0 spiro atoms. The topological polar surface area (TPSA) is 29.3 Å². The Kier molecular flexibility index (Phi) is 2.37. The number of nitrogens with two attached hydrogens (primary N) is 1. The second kappa shape index (κ2) is 3.35. The molecule has 0 amide bonds. The lowest BCUT2D eigenvalue weighted by atomic mass is 10.1. The van der Waals surface area contributed by atoms with Gasteiger partial charge in [-0.1, -0.05) is 13.3 Å². The van der Waals surface area contributed by atoms with Crippen molar-refractivity contribution in [3.8, 4) is 0 Å². The lowest BCUT2D eigenvalue weighted by Gasteiger charge is -2.27. The molecule has 0 aromatic carbocycles. The molecule has 2 N–H and O–H groups in total. The van der Waals surface area contributed by atoms with Crippen LogP contribution in [0.5, 0.6) is 0 Å². The zero-order valence-corrected chi connectivity index (χ0v) is 8.00. The predicted octanol–water partition coefficient (Wildman–Crippen LogP) is 1.21. The van der Waals surface area contributed by atoms with Crippen LogP contribution >= 0.6 is 0 Å². The van der Waals surface area contributed by atoms with Crippen LogP contribution in [0.4, 0.5) is 0 Å². The lowest BCUT2D eigenvalue weighted by molar-refractivity contribution is 0.222. The summed E-state index contributed by atoms with van der Waals surface area (Å²) in [6.45, 7) is 4.93. The summed E-state index contributed by atoms with van der Waals surface area (Å²) >= 11 is 0. The van der Waals surface area contributed by atoms with Gasteiger partial charge in [0, 0.05) is 18.6 Å². The molecule has 70 valence electrons. The van der Waals surface area contributed by atoms with E-state index in [1.165, 1.54) is 38.8 Å². The van der Waals surface area contributed by atoms with Crippen molar-refractivity contribution in [1.29, 1.82) is 0 Å². The van der Waals surface area contributed by atoms with Gasteiger partial charge in [0.2, 0.25) is 0 Å². The molecule has 3 atom stereocenters. The molecule has 1 saturated carbocycles. The first-order valence-electron chi connectivity index (χ1n) is 5.27. The fourth-order valence-corrected chi connectivity index (χ4v) is 2.69. The minimum absolute atomic E-state index is 0.468. The van der Waals surface area contributed by atoms with Gasteiger partial charge in [0.05, 0.1) is 0 Å². The smallest absolute Gasteiger partial charge is 0.0247 e. The van der Waals surface area contributed by atoms with Gasteiger partial charge in [-0.15, -0.1) is 0 Å². The van der Waals surface area contributed by atoms with E-state index in [1.54, 1.807) is 0 Å². The van der Waals surface area contributed by atoms with Gasteiger partial charge >= 0.3 is 0 Å². The summed E-state index contributed by atoms with van der Waals surface area (Å²) in [6.07, 6.45) is 5.31. The SMILES string of the molecule is C[C@@H]1CCN([C@@H]2CCC[C@@H]2N)C1. The molecule has 2 fully saturated rings.